The molecule has 0 aromatic heterocycles. The van der Waals surface area contributed by atoms with Crippen LogP contribution in [-0.2, 0) is 17.4 Å². The number of amides is 1. The van der Waals surface area contributed by atoms with E-state index in [0.717, 1.165) is 12.1 Å². The van der Waals surface area contributed by atoms with Crippen molar-refractivity contribution in [1.29, 1.82) is 0 Å². The van der Waals surface area contributed by atoms with Crippen molar-refractivity contribution in [1.82, 2.24) is 5.32 Å². The van der Waals surface area contributed by atoms with E-state index in [4.69, 9.17) is 0 Å². The molecule has 1 atom stereocenters. The summed E-state index contributed by atoms with van der Waals surface area (Å²) < 4.78 is 51.6. The molecule has 0 bridgehead atoms. The first-order valence-electron chi connectivity index (χ1n) is 6.81. The van der Waals surface area contributed by atoms with E-state index >= 15 is 0 Å². The van der Waals surface area contributed by atoms with E-state index in [2.05, 4.69) is 5.32 Å². The van der Waals surface area contributed by atoms with Gasteiger partial charge in [0.25, 0.3) is 0 Å². The van der Waals surface area contributed by atoms with Crippen molar-refractivity contribution in [2.75, 3.05) is 0 Å². The monoisotopic (exact) mass is 303 g/mol. The molecule has 2 rings (SSSR count). The molecular weight excluding hydrogens is 286 g/mol. The predicted octanol–water partition coefficient (Wildman–Crippen LogP) is 3.69. The molecule has 2 nitrogen and oxygen atoms in total. The number of carbonyl (C=O) groups excluding carboxylic acids is 1. The first-order valence-corrected chi connectivity index (χ1v) is 6.81. The van der Waals surface area contributed by atoms with Crippen molar-refractivity contribution in [3.8, 4) is 0 Å². The zero-order chi connectivity index (χ0) is 15.8. The number of hydrogen-bond acceptors (Lipinski definition) is 1. The van der Waals surface area contributed by atoms with Gasteiger partial charge >= 0.3 is 6.18 Å². The first-order chi connectivity index (χ1) is 9.64. The van der Waals surface area contributed by atoms with Crippen molar-refractivity contribution in [3.05, 3.63) is 35.1 Å². The van der Waals surface area contributed by atoms with Crippen LogP contribution in [0.5, 0.6) is 0 Å². The van der Waals surface area contributed by atoms with Gasteiger partial charge in [-0.05, 0) is 36.5 Å². The molecule has 1 aromatic rings. The minimum atomic E-state index is -4.72. The highest BCUT2D eigenvalue weighted by Crippen LogP contribution is 2.35. The van der Waals surface area contributed by atoms with Crippen molar-refractivity contribution >= 4 is 5.91 Å². The smallest absolute Gasteiger partial charge is 0.350 e. The second-order valence-electron chi connectivity index (χ2n) is 5.85. The van der Waals surface area contributed by atoms with Crippen molar-refractivity contribution in [3.63, 3.8) is 0 Å². The number of halogens is 4. The van der Waals surface area contributed by atoms with E-state index in [-0.39, 0.29) is 18.2 Å². The van der Waals surface area contributed by atoms with Crippen LogP contribution in [0.3, 0.4) is 0 Å². The zero-order valence-corrected chi connectivity index (χ0v) is 11.9. The molecule has 1 aromatic carbocycles. The Balaban J connectivity index is 2.33. The number of benzene rings is 1. The molecule has 1 amide bonds. The number of hydrogen-bond donors (Lipinski definition) is 1. The molecule has 1 heterocycles. The lowest BCUT2D eigenvalue weighted by Crippen LogP contribution is -2.48. The molecule has 0 spiro atoms. The Morgan fingerprint density at radius 1 is 1.33 bits per heavy atom. The van der Waals surface area contributed by atoms with Gasteiger partial charge in [0.05, 0.1) is 5.56 Å². The molecule has 1 aliphatic rings. The highest BCUT2D eigenvalue weighted by Gasteiger charge is 2.41. The van der Waals surface area contributed by atoms with Gasteiger partial charge in [0, 0.05) is 12.0 Å². The van der Waals surface area contributed by atoms with Crippen LogP contribution in [-0.4, -0.2) is 11.4 Å². The SMILES string of the molecule is CC(C)C1(Cc2ccc(F)c(C(F)(F)F)c2)CCC(=O)N1. The summed E-state index contributed by atoms with van der Waals surface area (Å²) in [5.41, 5.74) is -1.44. The van der Waals surface area contributed by atoms with Crippen molar-refractivity contribution in [2.24, 2.45) is 5.92 Å². The van der Waals surface area contributed by atoms with Crippen molar-refractivity contribution in [2.45, 2.75) is 44.8 Å². The Morgan fingerprint density at radius 3 is 2.48 bits per heavy atom. The second kappa shape index (κ2) is 5.31. The van der Waals surface area contributed by atoms with E-state index < -0.39 is 23.1 Å². The van der Waals surface area contributed by atoms with E-state index in [9.17, 15) is 22.4 Å². The highest BCUT2D eigenvalue weighted by molar-refractivity contribution is 5.79. The summed E-state index contributed by atoms with van der Waals surface area (Å²) in [5.74, 6) is -1.30. The van der Waals surface area contributed by atoms with Crippen LogP contribution in [0.2, 0.25) is 0 Å². The molecule has 0 radical (unpaired) electrons. The standard InChI is InChI=1S/C15H17F4NO/c1-9(2)14(6-5-13(21)20-14)8-10-3-4-12(16)11(7-10)15(17,18)19/h3-4,7,9H,5-6,8H2,1-2H3,(H,20,21). The maximum Gasteiger partial charge on any atom is 0.419 e. The summed E-state index contributed by atoms with van der Waals surface area (Å²) in [6, 6.07) is 3.02. The largest absolute Gasteiger partial charge is 0.419 e. The molecule has 1 N–H and O–H groups in total. The normalized spacial score (nSPS) is 22.7. The number of nitrogens with one attached hydrogen (secondary N) is 1. The molecule has 1 fully saturated rings. The van der Waals surface area contributed by atoms with Crippen LogP contribution in [0, 0.1) is 11.7 Å². The van der Waals surface area contributed by atoms with Gasteiger partial charge in [-0.15, -0.1) is 0 Å². The van der Waals surface area contributed by atoms with E-state index in [1.165, 1.54) is 6.07 Å². The van der Waals surface area contributed by atoms with Gasteiger partial charge in [0.2, 0.25) is 5.91 Å². The second-order valence-corrected chi connectivity index (χ2v) is 5.85. The number of carbonyl (C=O) groups is 1. The fourth-order valence-corrected chi connectivity index (χ4v) is 2.77. The van der Waals surface area contributed by atoms with Gasteiger partial charge < -0.3 is 5.32 Å². The fourth-order valence-electron chi connectivity index (χ4n) is 2.77. The van der Waals surface area contributed by atoms with Crippen LogP contribution in [0.25, 0.3) is 0 Å². The molecular formula is C15H17F4NO. The summed E-state index contributed by atoms with van der Waals surface area (Å²) in [4.78, 5) is 11.5. The lowest BCUT2D eigenvalue weighted by atomic mass is 9.79. The summed E-state index contributed by atoms with van der Waals surface area (Å²) in [6.45, 7) is 3.83. The average molecular weight is 303 g/mol. The van der Waals surface area contributed by atoms with Gasteiger partial charge in [-0.3, -0.25) is 4.79 Å². The Bertz CT molecular complexity index is 553. The van der Waals surface area contributed by atoms with Crippen LogP contribution < -0.4 is 5.32 Å². The Morgan fingerprint density at radius 2 is 2.00 bits per heavy atom. The predicted molar refractivity (Wildman–Crippen MR) is 70.1 cm³/mol. The molecule has 21 heavy (non-hydrogen) atoms. The van der Waals surface area contributed by atoms with Crippen LogP contribution in [0.4, 0.5) is 17.6 Å². The van der Waals surface area contributed by atoms with Crippen LogP contribution >= 0.6 is 0 Å². The third kappa shape index (κ3) is 3.19. The van der Waals surface area contributed by atoms with Crippen LogP contribution in [0.1, 0.15) is 37.8 Å². The summed E-state index contributed by atoms with van der Waals surface area (Å²) in [7, 11) is 0. The third-order valence-corrected chi connectivity index (χ3v) is 4.15. The number of rotatable bonds is 3. The molecule has 1 aliphatic heterocycles. The van der Waals surface area contributed by atoms with Gasteiger partial charge in [0.15, 0.2) is 0 Å². The zero-order valence-electron chi connectivity index (χ0n) is 11.9. The van der Waals surface area contributed by atoms with E-state index in [1.54, 1.807) is 0 Å². The first kappa shape index (κ1) is 15.8. The topological polar surface area (TPSA) is 29.1 Å². The Hall–Kier alpha value is -1.59. The minimum Gasteiger partial charge on any atom is -0.350 e. The van der Waals surface area contributed by atoms with E-state index in [1.807, 2.05) is 13.8 Å². The summed E-state index contributed by atoms with van der Waals surface area (Å²) in [6.07, 6.45) is -3.52. The Kier molecular flexibility index (Phi) is 4.00. The van der Waals surface area contributed by atoms with Crippen molar-refractivity contribution < 1.29 is 22.4 Å². The fraction of sp³-hybridized carbons (Fsp3) is 0.533. The molecule has 6 heteroatoms. The lowest BCUT2D eigenvalue weighted by Gasteiger charge is -2.34. The third-order valence-electron chi connectivity index (χ3n) is 4.15. The van der Waals surface area contributed by atoms with Gasteiger partial charge in [-0.2, -0.15) is 13.2 Å². The Labute approximate surface area is 120 Å². The maximum atomic E-state index is 13.3. The summed E-state index contributed by atoms with van der Waals surface area (Å²) >= 11 is 0. The quantitative estimate of drug-likeness (QED) is 0.848. The molecule has 0 aliphatic carbocycles. The van der Waals surface area contributed by atoms with Crippen LogP contribution in [0.15, 0.2) is 18.2 Å². The van der Waals surface area contributed by atoms with E-state index in [0.29, 0.717) is 18.4 Å². The molecule has 1 unspecified atom stereocenters. The molecule has 1 saturated heterocycles. The molecule has 116 valence electrons. The maximum absolute atomic E-state index is 13.3. The number of alkyl halides is 3. The van der Waals surface area contributed by atoms with Gasteiger partial charge in [0.1, 0.15) is 5.82 Å². The lowest BCUT2D eigenvalue weighted by molar-refractivity contribution is -0.140. The average Bonchev–Trinajstić information content (AvgIpc) is 2.73. The van der Waals surface area contributed by atoms with Gasteiger partial charge in [-0.25, -0.2) is 4.39 Å². The highest BCUT2D eigenvalue weighted by atomic mass is 19.4. The summed E-state index contributed by atoms with van der Waals surface area (Å²) in [5, 5.41) is 2.87. The van der Waals surface area contributed by atoms with Gasteiger partial charge in [-0.1, -0.05) is 19.9 Å². The molecule has 0 saturated carbocycles. The minimum absolute atomic E-state index is 0.0725.